The molecule has 7 aromatic rings. The summed E-state index contributed by atoms with van der Waals surface area (Å²) in [5, 5.41) is 0. The first-order valence-corrected chi connectivity index (χ1v) is 23.9. The molecule has 13 rings (SSSR count). The average molecular weight is 815 g/mol. The Bertz CT molecular complexity index is 2910. The van der Waals surface area contributed by atoms with Crippen LogP contribution in [0.15, 0.2) is 163 Å². The van der Waals surface area contributed by atoms with Crippen molar-refractivity contribution in [2.45, 2.75) is 89.9 Å². The number of aryl methyl sites for hydroxylation is 8. The summed E-state index contributed by atoms with van der Waals surface area (Å²) in [7, 11) is 0. The van der Waals surface area contributed by atoms with E-state index < -0.39 is 5.41 Å². The van der Waals surface area contributed by atoms with E-state index in [2.05, 4.69) is 175 Å². The van der Waals surface area contributed by atoms with Crippen molar-refractivity contribution in [3.05, 3.63) is 224 Å². The highest BCUT2D eigenvalue weighted by molar-refractivity contribution is 5.92. The molecule has 1 atom stereocenters. The standard InChI is InChI=1S/C61H54N2/c1-3-39-5-23-51(24-6-39)62(53-27-19-43-11-15-47(43)35-53)55-29-31-57-58-32-30-56(63(52-25-7-40(4-2)8-26-52)54-28-20-44-12-16-48(44)36-54)38-60(58)61(59(57)37-55,49-21-17-41-9-13-45(41)33-49)50-22-18-42-10-14-46(42)34-50/h5-8,17-33,35-38,46H,3-4,9-16,34H2,1-2H3. The van der Waals surface area contributed by atoms with Gasteiger partial charge in [0, 0.05) is 34.1 Å². The van der Waals surface area contributed by atoms with Gasteiger partial charge in [-0.15, -0.1) is 0 Å². The second-order valence-electron chi connectivity index (χ2n) is 19.2. The summed E-state index contributed by atoms with van der Waals surface area (Å²) in [6.45, 7) is 4.49. The van der Waals surface area contributed by atoms with E-state index in [9.17, 15) is 0 Å². The maximum Gasteiger partial charge on any atom is 0.0678 e. The lowest BCUT2D eigenvalue weighted by Gasteiger charge is -2.43. The molecule has 0 heterocycles. The van der Waals surface area contributed by atoms with Crippen molar-refractivity contribution in [1.29, 1.82) is 0 Å². The summed E-state index contributed by atoms with van der Waals surface area (Å²) in [6, 6.07) is 55.5. The Balaban J connectivity index is 1.06. The van der Waals surface area contributed by atoms with Gasteiger partial charge in [-0.1, -0.05) is 104 Å². The third-order valence-electron chi connectivity index (χ3n) is 16.1. The van der Waals surface area contributed by atoms with Gasteiger partial charge < -0.3 is 9.80 Å². The molecule has 6 aliphatic rings. The SMILES string of the molecule is CCc1ccc(N(c2ccc3c(c2)CC3)c2ccc3c(c2)C(C2=CC=C4CCC4C2)(c2ccc4c(c2)CC4)c2cc(N(c4ccc(CC)cc4)c4ccc5c(c4)CC5)ccc2-3)cc1. The molecule has 0 bridgehead atoms. The van der Waals surface area contributed by atoms with E-state index in [1.165, 1.54) is 144 Å². The summed E-state index contributed by atoms with van der Waals surface area (Å²) < 4.78 is 0. The molecule has 0 saturated heterocycles. The molecule has 1 fully saturated rings. The molecule has 0 spiro atoms. The average Bonchev–Trinajstić information content (AvgIpc) is 3.56. The summed E-state index contributed by atoms with van der Waals surface area (Å²) >= 11 is 0. The van der Waals surface area contributed by atoms with Crippen molar-refractivity contribution in [2.75, 3.05) is 9.80 Å². The zero-order chi connectivity index (χ0) is 41.8. The molecular formula is C61H54N2. The van der Waals surface area contributed by atoms with Crippen LogP contribution >= 0.6 is 0 Å². The van der Waals surface area contributed by atoms with Gasteiger partial charge in [0.2, 0.25) is 0 Å². The Morgan fingerprint density at radius 3 is 1.29 bits per heavy atom. The Labute approximate surface area is 373 Å². The quantitative estimate of drug-likeness (QED) is 0.136. The third-order valence-corrected chi connectivity index (χ3v) is 16.1. The monoisotopic (exact) mass is 814 g/mol. The van der Waals surface area contributed by atoms with Gasteiger partial charge in [-0.05, 0) is 222 Å². The molecule has 0 amide bonds. The van der Waals surface area contributed by atoms with Crippen LogP contribution in [0, 0.1) is 5.92 Å². The highest BCUT2D eigenvalue weighted by Crippen LogP contribution is 2.61. The normalized spacial score (nSPS) is 17.7. The summed E-state index contributed by atoms with van der Waals surface area (Å²) in [5.74, 6) is 0.625. The Morgan fingerprint density at radius 2 is 0.873 bits per heavy atom. The zero-order valence-corrected chi connectivity index (χ0v) is 36.7. The van der Waals surface area contributed by atoms with Crippen molar-refractivity contribution in [3.8, 4) is 11.1 Å². The van der Waals surface area contributed by atoms with Gasteiger partial charge in [-0.2, -0.15) is 0 Å². The van der Waals surface area contributed by atoms with E-state index >= 15 is 0 Å². The molecule has 0 N–H and O–H groups in total. The van der Waals surface area contributed by atoms with Crippen molar-refractivity contribution in [1.82, 2.24) is 0 Å². The Kier molecular flexibility index (Phi) is 8.46. The first kappa shape index (κ1) is 37.2. The molecule has 0 radical (unpaired) electrons. The maximum absolute atomic E-state index is 2.61. The second-order valence-corrected chi connectivity index (χ2v) is 19.2. The summed E-state index contributed by atoms with van der Waals surface area (Å²) in [6.07, 6.45) is 17.8. The first-order valence-electron chi connectivity index (χ1n) is 23.9. The van der Waals surface area contributed by atoms with Crippen LogP contribution in [0.2, 0.25) is 0 Å². The number of benzene rings is 7. The van der Waals surface area contributed by atoms with E-state index in [0.29, 0.717) is 5.92 Å². The van der Waals surface area contributed by atoms with Gasteiger partial charge in [-0.25, -0.2) is 0 Å². The van der Waals surface area contributed by atoms with Gasteiger partial charge in [-0.3, -0.25) is 0 Å². The van der Waals surface area contributed by atoms with E-state index in [0.717, 1.165) is 38.5 Å². The van der Waals surface area contributed by atoms with Crippen LogP contribution in [-0.4, -0.2) is 0 Å². The molecule has 6 aliphatic carbocycles. The topological polar surface area (TPSA) is 6.48 Å². The van der Waals surface area contributed by atoms with Crippen LogP contribution < -0.4 is 9.80 Å². The highest BCUT2D eigenvalue weighted by atomic mass is 15.1. The number of nitrogens with zero attached hydrogens (tertiary/aromatic N) is 2. The summed E-state index contributed by atoms with van der Waals surface area (Å²) in [4.78, 5) is 5.06. The van der Waals surface area contributed by atoms with Crippen molar-refractivity contribution in [2.24, 2.45) is 5.92 Å². The molecule has 2 nitrogen and oxygen atoms in total. The third kappa shape index (κ3) is 5.69. The number of hydrogen-bond acceptors (Lipinski definition) is 2. The van der Waals surface area contributed by atoms with Crippen LogP contribution in [0.4, 0.5) is 34.1 Å². The minimum Gasteiger partial charge on any atom is -0.310 e. The van der Waals surface area contributed by atoms with Crippen LogP contribution in [0.1, 0.15) is 94.3 Å². The van der Waals surface area contributed by atoms with E-state index in [1.807, 2.05) is 0 Å². The number of fused-ring (bicyclic) bond motifs is 7. The van der Waals surface area contributed by atoms with E-state index in [-0.39, 0.29) is 0 Å². The second kappa shape index (κ2) is 14.3. The molecule has 63 heavy (non-hydrogen) atoms. The minimum atomic E-state index is -0.463. The molecular weight excluding hydrogens is 761 g/mol. The Morgan fingerprint density at radius 1 is 0.429 bits per heavy atom. The van der Waals surface area contributed by atoms with Gasteiger partial charge in [0.05, 0.1) is 5.41 Å². The van der Waals surface area contributed by atoms with E-state index in [4.69, 9.17) is 0 Å². The molecule has 308 valence electrons. The molecule has 0 aromatic heterocycles. The van der Waals surface area contributed by atoms with E-state index in [1.54, 1.807) is 5.57 Å². The van der Waals surface area contributed by atoms with Crippen LogP contribution in [0.25, 0.3) is 11.1 Å². The van der Waals surface area contributed by atoms with Crippen LogP contribution in [0.5, 0.6) is 0 Å². The first-order chi connectivity index (χ1) is 31.0. The molecule has 1 unspecified atom stereocenters. The van der Waals surface area contributed by atoms with Gasteiger partial charge >= 0.3 is 0 Å². The number of anilines is 6. The van der Waals surface area contributed by atoms with Crippen molar-refractivity contribution in [3.63, 3.8) is 0 Å². The van der Waals surface area contributed by atoms with Gasteiger partial charge in [0.1, 0.15) is 0 Å². The molecule has 7 aromatic carbocycles. The van der Waals surface area contributed by atoms with Gasteiger partial charge in [0.15, 0.2) is 0 Å². The lowest BCUT2D eigenvalue weighted by atomic mass is 9.60. The number of hydrogen-bond donors (Lipinski definition) is 0. The fraction of sp³-hybridized carbons (Fsp3) is 0.246. The zero-order valence-electron chi connectivity index (χ0n) is 36.7. The highest BCUT2D eigenvalue weighted by Gasteiger charge is 2.50. The number of allylic oxidation sites excluding steroid dienone is 4. The Hall–Kier alpha value is -6.38. The minimum absolute atomic E-state index is 0.463. The predicted molar refractivity (Wildman–Crippen MR) is 262 cm³/mol. The van der Waals surface area contributed by atoms with Crippen LogP contribution in [0.3, 0.4) is 0 Å². The number of rotatable bonds is 10. The van der Waals surface area contributed by atoms with Gasteiger partial charge in [0.25, 0.3) is 0 Å². The van der Waals surface area contributed by atoms with Crippen LogP contribution in [-0.2, 0) is 56.8 Å². The molecule has 0 aliphatic heterocycles. The largest absolute Gasteiger partial charge is 0.310 e. The maximum atomic E-state index is 2.61. The fourth-order valence-corrected chi connectivity index (χ4v) is 11.9. The van der Waals surface area contributed by atoms with Crippen molar-refractivity contribution >= 4 is 34.1 Å². The fourth-order valence-electron chi connectivity index (χ4n) is 11.9. The lowest BCUT2D eigenvalue weighted by Crippen LogP contribution is -2.34. The van der Waals surface area contributed by atoms with Crippen molar-refractivity contribution < 1.29 is 0 Å². The smallest absolute Gasteiger partial charge is 0.0678 e. The molecule has 2 heteroatoms. The predicted octanol–water partition coefficient (Wildman–Crippen LogP) is 15.0. The molecule has 1 saturated carbocycles. The lowest BCUT2D eigenvalue weighted by molar-refractivity contribution is 0.418. The summed E-state index contributed by atoms with van der Waals surface area (Å²) in [5.41, 5.74) is 28.7.